The summed E-state index contributed by atoms with van der Waals surface area (Å²) in [7, 11) is 0. The average Bonchev–Trinajstić information content (AvgIpc) is 2.13. The van der Waals surface area contributed by atoms with E-state index in [9.17, 15) is 9.90 Å². The van der Waals surface area contributed by atoms with Gasteiger partial charge in [0.1, 0.15) is 0 Å². The van der Waals surface area contributed by atoms with Crippen molar-refractivity contribution in [3.05, 3.63) is 0 Å². The predicted octanol–water partition coefficient (Wildman–Crippen LogP) is 1.04. The maximum atomic E-state index is 11.7. The molecular weight excluding hydrogens is 204 g/mol. The number of rotatable bonds is 7. The highest BCUT2D eigenvalue weighted by Gasteiger charge is 2.18. The lowest BCUT2D eigenvalue weighted by atomic mass is 10.1. The Morgan fingerprint density at radius 1 is 1.38 bits per heavy atom. The standard InChI is InChI=1S/C12H26N2O2/c1-6-7-9(2)14-11(15)10(3)13-8-12(4,5)16/h9-10,13,16H,6-8H2,1-5H3,(H,14,15). The van der Waals surface area contributed by atoms with Crippen LogP contribution in [0.2, 0.25) is 0 Å². The number of hydrogen-bond donors (Lipinski definition) is 3. The molecule has 3 N–H and O–H groups in total. The topological polar surface area (TPSA) is 61.4 Å². The van der Waals surface area contributed by atoms with E-state index in [1.165, 1.54) is 0 Å². The van der Waals surface area contributed by atoms with E-state index in [2.05, 4.69) is 17.6 Å². The van der Waals surface area contributed by atoms with Crippen molar-refractivity contribution in [1.29, 1.82) is 0 Å². The molecule has 0 spiro atoms. The fraction of sp³-hybridized carbons (Fsp3) is 0.917. The first kappa shape index (κ1) is 15.4. The molecule has 0 heterocycles. The van der Waals surface area contributed by atoms with E-state index >= 15 is 0 Å². The molecule has 0 aliphatic rings. The van der Waals surface area contributed by atoms with Gasteiger partial charge in [-0.2, -0.15) is 0 Å². The zero-order valence-electron chi connectivity index (χ0n) is 11.1. The quantitative estimate of drug-likeness (QED) is 0.612. The fourth-order valence-electron chi connectivity index (χ4n) is 1.37. The SMILES string of the molecule is CCCC(C)NC(=O)C(C)NCC(C)(C)O. The number of amides is 1. The number of aliphatic hydroxyl groups is 1. The molecule has 0 aliphatic carbocycles. The molecule has 0 bridgehead atoms. The summed E-state index contributed by atoms with van der Waals surface area (Å²) in [6.45, 7) is 9.74. The van der Waals surface area contributed by atoms with Gasteiger partial charge in [0.2, 0.25) is 5.91 Å². The summed E-state index contributed by atoms with van der Waals surface area (Å²) in [4.78, 5) is 11.7. The van der Waals surface area contributed by atoms with Crippen LogP contribution in [0.15, 0.2) is 0 Å². The highest BCUT2D eigenvalue weighted by molar-refractivity contribution is 5.81. The van der Waals surface area contributed by atoms with Crippen molar-refractivity contribution in [3.63, 3.8) is 0 Å². The first-order valence-corrected chi connectivity index (χ1v) is 6.02. The minimum absolute atomic E-state index is 0.00907. The molecule has 0 aliphatic heterocycles. The van der Waals surface area contributed by atoms with Crippen LogP contribution in [0, 0.1) is 0 Å². The molecule has 1 amide bonds. The maximum Gasteiger partial charge on any atom is 0.237 e. The molecule has 0 aromatic carbocycles. The van der Waals surface area contributed by atoms with E-state index in [0.717, 1.165) is 12.8 Å². The van der Waals surface area contributed by atoms with Crippen molar-refractivity contribution in [3.8, 4) is 0 Å². The van der Waals surface area contributed by atoms with Crippen molar-refractivity contribution < 1.29 is 9.90 Å². The highest BCUT2D eigenvalue weighted by atomic mass is 16.3. The summed E-state index contributed by atoms with van der Waals surface area (Å²) >= 11 is 0. The number of hydrogen-bond acceptors (Lipinski definition) is 3. The van der Waals surface area contributed by atoms with Crippen molar-refractivity contribution in [2.45, 2.75) is 65.1 Å². The van der Waals surface area contributed by atoms with Gasteiger partial charge in [-0.1, -0.05) is 13.3 Å². The monoisotopic (exact) mass is 230 g/mol. The molecule has 4 heteroatoms. The van der Waals surface area contributed by atoms with Crippen LogP contribution < -0.4 is 10.6 Å². The number of carbonyl (C=O) groups is 1. The molecule has 2 atom stereocenters. The van der Waals surface area contributed by atoms with Gasteiger partial charge >= 0.3 is 0 Å². The smallest absolute Gasteiger partial charge is 0.237 e. The van der Waals surface area contributed by atoms with E-state index < -0.39 is 5.60 Å². The summed E-state index contributed by atoms with van der Waals surface area (Å²) in [5, 5.41) is 15.5. The summed E-state index contributed by atoms with van der Waals surface area (Å²) < 4.78 is 0. The molecule has 4 nitrogen and oxygen atoms in total. The molecule has 0 radical (unpaired) electrons. The van der Waals surface area contributed by atoms with E-state index in [-0.39, 0.29) is 18.0 Å². The Kier molecular flexibility index (Phi) is 6.60. The Morgan fingerprint density at radius 2 is 1.94 bits per heavy atom. The molecule has 0 saturated heterocycles. The second-order valence-corrected chi connectivity index (χ2v) is 5.11. The van der Waals surface area contributed by atoms with Gasteiger partial charge in [-0.25, -0.2) is 0 Å². The van der Waals surface area contributed by atoms with Crippen molar-refractivity contribution >= 4 is 5.91 Å². The lowest BCUT2D eigenvalue weighted by Gasteiger charge is -2.22. The van der Waals surface area contributed by atoms with Gasteiger partial charge in [-0.05, 0) is 34.1 Å². The van der Waals surface area contributed by atoms with Crippen LogP contribution in [-0.4, -0.2) is 35.2 Å². The highest BCUT2D eigenvalue weighted by Crippen LogP contribution is 1.99. The second kappa shape index (κ2) is 6.86. The van der Waals surface area contributed by atoms with Gasteiger partial charge in [0, 0.05) is 12.6 Å². The molecule has 0 fully saturated rings. The summed E-state index contributed by atoms with van der Waals surface area (Å²) in [5.41, 5.74) is -0.788. The fourth-order valence-corrected chi connectivity index (χ4v) is 1.37. The first-order chi connectivity index (χ1) is 7.26. The molecule has 16 heavy (non-hydrogen) atoms. The zero-order valence-corrected chi connectivity index (χ0v) is 11.1. The van der Waals surface area contributed by atoms with E-state index in [4.69, 9.17) is 0 Å². The molecular formula is C12H26N2O2. The normalized spacial score (nSPS) is 15.6. The molecule has 0 rings (SSSR count). The van der Waals surface area contributed by atoms with E-state index in [1.54, 1.807) is 20.8 Å². The summed E-state index contributed by atoms with van der Waals surface area (Å²) in [5.74, 6) is -0.00907. The Hall–Kier alpha value is -0.610. The van der Waals surface area contributed by atoms with Crippen LogP contribution in [0.4, 0.5) is 0 Å². The third-order valence-corrected chi connectivity index (χ3v) is 2.34. The van der Waals surface area contributed by atoms with Crippen LogP contribution in [0.1, 0.15) is 47.5 Å². The average molecular weight is 230 g/mol. The van der Waals surface area contributed by atoms with Crippen LogP contribution in [0.5, 0.6) is 0 Å². The lowest BCUT2D eigenvalue weighted by Crippen LogP contribution is -2.49. The molecule has 0 saturated carbocycles. The van der Waals surface area contributed by atoms with Crippen molar-refractivity contribution in [2.24, 2.45) is 0 Å². The summed E-state index contributed by atoms with van der Waals surface area (Å²) in [6.07, 6.45) is 2.05. The minimum atomic E-state index is -0.788. The molecule has 96 valence electrons. The third-order valence-electron chi connectivity index (χ3n) is 2.34. The zero-order chi connectivity index (χ0) is 12.8. The van der Waals surface area contributed by atoms with Crippen LogP contribution >= 0.6 is 0 Å². The van der Waals surface area contributed by atoms with Crippen molar-refractivity contribution in [2.75, 3.05) is 6.54 Å². The van der Waals surface area contributed by atoms with Crippen LogP contribution in [0.3, 0.4) is 0 Å². The van der Waals surface area contributed by atoms with Gasteiger partial charge in [0.15, 0.2) is 0 Å². The second-order valence-electron chi connectivity index (χ2n) is 5.11. The first-order valence-electron chi connectivity index (χ1n) is 6.02. The van der Waals surface area contributed by atoms with Crippen LogP contribution in [0.25, 0.3) is 0 Å². The van der Waals surface area contributed by atoms with Gasteiger partial charge in [-0.3, -0.25) is 4.79 Å². The predicted molar refractivity (Wildman–Crippen MR) is 66.3 cm³/mol. The Bertz CT molecular complexity index is 212. The Labute approximate surface area is 98.8 Å². The molecule has 2 unspecified atom stereocenters. The molecule has 0 aromatic heterocycles. The molecule has 0 aromatic rings. The van der Waals surface area contributed by atoms with Gasteiger partial charge < -0.3 is 15.7 Å². The van der Waals surface area contributed by atoms with E-state index in [1.807, 2.05) is 6.92 Å². The maximum absolute atomic E-state index is 11.7. The van der Waals surface area contributed by atoms with Gasteiger partial charge in [0.25, 0.3) is 0 Å². The van der Waals surface area contributed by atoms with Crippen LogP contribution in [-0.2, 0) is 4.79 Å². The lowest BCUT2D eigenvalue weighted by molar-refractivity contribution is -0.123. The van der Waals surface area contributed by atoms with Crippen molar-refractivity contribution in [1.82, 2.24) is 10.6 Å². The van der Waals surface area contributed by atoms with Gasteiger partial charge in [0.05, 0.1) is 11.6 Å². The van der Waals surface area contributed by atoms with E-state index in [0.29, 0.717) is 6.54 Å². The number of carbonyl (C=O) groups excluding carboxylic acids is 1. The number of nitrogens with one attached hydrogen (secondary N) is 2. The summed E-state index contributed by atoms with van der Waals surface area (Å²) in [6, 6.07) is -0.0605. The Morgan fingerprint density at radius 3 is 2.38 bits per heavy atom. The Balaban J connectivity index is 3.90. The third kappa shape index (κ3) is 7.65. The van der Waals surface area contributed by atoms with Gasteiger partial charge in [-0.15, -0.1) is 0 Å². The largest absolute Gasteiger partial charge is 0.389 e. The minimum Gasteiger partial charge on any atom is -0.389 e.